The number of hydrogen-bond acceptors (Lipinski definition) is 1. The molecule has 1 aliphatic carbocycles. The van der Waals surface area contributed by atoms with Gasteiger partial charge in [0.25, 0.3) is 5.91 Å². The molecule has 0 atom stereocenters. The second-order valence-corrected chi connectivity index (χ2v) is 6.04. The van der Waals surface area contributed by atoms with Crippen molar-refractivity contribution in [3.63, 3.8) is 0 Å². The van der Waals surface area contributed by atoms with Crippen LogP contribution in [-0.2, 0) is 25.4 Å². The van der Waals surface area contributed by atoms with Crippen molar-refractivity contribution in [2.24, 2.45) is 0 Å². The SMILES string of the molecule is O=C(NCCc1ccc(C(F)(F)F)cc1)c1ccc2c(c1)CCC2. The molecule has 0 unspecified atom stereocenters. The molecule has 126 valence electrons. The number of hydrogen-bond donors (Lipinski definition) is 1. The van der Waals surface area contributed by atoms with Gasteiger partial charge in [-0.15, -0.1) is 0 Å². The number of fused-ring (bicyclic) bond motifs is 1. The minimum atomic E-state index is -4.32. The molecular weight excluding hydrogens is 315 g/mol. The smallest absolute Gasteiger partial charge is 0.352 e. The van der Waals surface area contributed by atoms with E-state index < -0.39 is 11.7 Å². The van der Waals surface area contributed by atoms with E-state index in [1.807, 2.05) is 18.2 Å². The number of benzene rings is 2. The van der Waals surface area contributed by atoms with Crippen LogP contribution in [0.3, 0.4) is 0 Å². The molecule has 0 bridgehead atoms. The fraction of sp³-hybridized carbons (Fsp3) is 0.316. The number of carbonyl (C=O) groups is 1. The van der Waals surface area contributed by atoms with Crippen LogP contribution in [0.5, 0.6) is 0 Å². The molecule has 0 aliphatic heterocycles. The van der Waals surface area contributed by atoms with Gasteiger partial charge in [-0.1, -0.05) is 18.2 Å². The molecule has 2 nitrogen and oxygen atoms in total. The lowest BCUT2D eigenvalue weighted by Gasteiger charge is -2.09. The van der Waals surface area contributed by atoms with E-state index in [0.29, 0.717) is 18.5 Å². The Morgan fingerprint density at radius 1 is 1.00 bits per heavy atom. The molecule has 1 N–H and O–H groups in total. The second kappa shape index (κ2) is 6.67. The predicted octanol–water partition coefficient (Wildman–Crippen LogP) is 4.17. The lowest BCUT2D eigenvalue weighted by atomic mass is 10.1. The molecule has 2 aromatic rings. The van der Waals surface area contributed by atoms with Gasteiger partial charge in [0.1, 0.15) is 0 Å². The van der Waals surface area contributed by atoms with Crippen LogP contribution < -0.4 is 5.32 Å². The minimum absolute atomic E-state index is 0.142. The number of aryl methyl sites for hydroxylation is 2. The van der Waals surface area contributed by atoms with Crippen molar-refractivity contribution in [1.82, 2.24) is 5.32 Å². The summed E-state index contributed by atoms with van der Waals surface area (Å²) in [6.45, 7) is 0.390. The molecule has 0 saturated heterocycles. The highest BCUT2D eigenvalue weighted by Gasteiger charge is 2.29. The fourth-order valence-electron chi connectivity index (χ4n) is 3.00. The summed E-state index contributed by atoms with van der Waals surface area (Å²) in [7, 11) is 0. The van der Waals surface area contributed by atoms with E-state index in [2.05, 4.69) is 5.32 Å². The Kier molecular flexibility index (Phi) is 4.60. The molecule has 5 heteroatoms. The third-order valence-corrected chi connectivity index (χ3v) is 4.34. The van der Waals surface area contributed by atoms with E-state index in [9.17, 15) is 18.0 Å². The van der Waals surface area contributed by atoms with E-state index in [1.54, 1.807) is 0 Å². The van der Waals surface area contributed by atoms with Crippen LogP contribution in [0.25, 0.3) is 0 Å². The molecule has 1 aliphatic rings. The normalized spacial score (nSPS) is 13.6. The summed E-state index contributed by atoms with van der Waals surface area (Å²) in [6, 6.07) is 10.8. The molecule has 1 amide bonds. The van der Waals surface area contributed by atoms with Crippen molar-refractivity contribution in [3.05, 3.63) is 70.3 Å². The average molecular weight is 333 g/mol. The van der Waals surface area contributed by atoms with Crippen LogP contribution in [0.4, 0.5) is 13.2 Å². The molecule has 0 spiro atoms. The summed E-state index contributed by atoms with van der Waals surface area (Å²) in [5.74, 6) is -0.142. The van der Waals surface area contributed by atoms with Crippen LogP contribution in [0.2, 0.25) is 0 Å². The molecule has 0 fully saturated rings. The average Bonchev–Trinajstić information content (AvgIpc) is 3.02. The standard InChI is InChI=1S/C19H18F3NO/c20-19(21,22)17-8-4-13(5-9-17)10-11-23-18(24)16-7-6-14-2-1-3-15(14)12-16/h4-9,12H,1-3,10-11H2,(H,23,24). The number of nitrogens with one attached hydrogen (secondary N) is 1. The van der Waals surface area contributed by atoms with Gasteiger partial charge in [0, 0.05) is 12.1 Å². The van der Waals surface area contributed by atoms with Crippen LogP contribution in [0, 0.1) is 0 Å². The van der Waals surface area contributed by atoms with E-state index >= 15 is 0 Å². The molecule has 0 heterocycles. The minimum Gasteiger partial charge on any atom is -0.352 e. The van der Waals surface area contributed by atoms with Crippen molar-refractivity contribution in [2.75, 3.05) is 6.54 Å². The van der Waals surface area contributed by atoms with E-state index in [4.69, 9.17) is 0 Å². The molecular formula is C19H18F3NO. The van der Waals surface area contributed by atoms with Crippen molar-refractivity contribution in [3.8, 4) is 0 Å². The zero-order valence-electron chi connectivity index (χ0n) is 13.1. The molecule has 2 aromatic carbocycles. The summed E-state index contributed by atoms with van der Waals surface area (Å²) in [5.41, 5.74) is 3.30. The highest BCUT2D eigenvalue weighted by Crippen LogP contribution is 2.29. The monoisotopic (exact) mass is 333 g/mol. The highest BCUT2D eigenvalue weighted by molar-refractivity contribution is 5.94. The van der Waals surface area contributed by atoms with Gasteiger partial charge in [-0.05, 0) is 66.6 Å². The Hall–Kier alpha value is -2.30. The van der Waals surface area contributed by atoms with E-state index in [0.717, 1.165) is 37.0 Å². The van der Waals surface area contributed by atoms with E-state index in [-0.39, 0.29) is 5.91 Å². The summed E-state index contributed by atoms with van der Waals surface area (Å²) >= 11 is 0. The van der Waals surface area contributed by atoms with Crippen molar-refractivity contribution in [2.45, 2.75) is 31.9 Å². The first-order valence-corrected chi connectivity index (χ1v) is 7.99. The first-order chi connectivity index (χ1) is 11.4. The zero-order valence-corrected chi connectivity index (χ0v) is 13.1. The fourth-order valence-corrected chi connectivity index (χ4v) is 3.00. The molecule has 0 radical (unpaired) electrons. The van der Waals surface area contributed by atoms with Crippen LogP contribution in [0.15, 0.2) is 42.5 Å². The number of carbonyl (C=O) groups excluding carboxylic acids is 1. The van der Waals surface area contributed by atoms with Crippen LogP contribution in [-0.4, -0.2) is 12.5 Å². The van der Waals surface area contributed by atoms with Crippen LogP contribution in [0.1, 0.15) is 39.0 Å². The lowest BCUT2D eigenvalue weighted by molar-refractivity contribution is -0.137. The first kappa shape index (κ1) is 16.6. The van der Waals surface area contributed by atoms with Gasteiger partial charge >= 0.3 is 6.18 Å². The quantitative estimate of drug-likeness (QED) is 0.894. The Morgan fingerprint density at radius 2 is 1.71 bits per heavy atom. The third-order valence-electron chi connectivity index (χ3n) is 4.34. The maximum absolute atomic E-state index is 12.5. The van der Waals surface area contributed by atoms with Crippen LogP contribution >= 0.6 is 0 Å². The summed E-state index contributed by atoms with van der Waals surface area (Å²) in [6.07, 6.45) is -0.601. The van der Waals surface area contributed by atoms with E-state index in [1.165, 1.54) is 23.3 Å². The third kappa shape index (κ3) is 3.78. The maximum Gasteiger partial charge on any atom is 0.416 e. The van der Waals surface area contributed by atoms with Gasteiger partial charge in [0.2, 0.25) is 0 Å². The lowest BCUT2D eigenvalue weighted by Crippen LogP contribution is -2.25. The van der Waals surface area contributed by atoms with Gasteiger partial charge in [-0.25, -0.2) is 0 Å². The Labute approximate surface area is 138 Å². The summed E-state index contributed by atoms with van der Waals surface area (Å²) < 4.78 is 37.5. The summed E-state index contributed by atoms with van der Waals surface area (Å²) in [5, 5.41) is 2.82. The van der Waals surface area contributed by atoms with Crippen molar-refractivity contribution < 1.29 is 18.0 Å². The highest BCUT2D eigenvalue weighted by atomic mass is 19.4. The molecule has 24 heavy (non-hydrogen) atoms. The largest absolute Gasteiger partial charge is 0.416 e. The second-order valence-electron chi connectivity index (χ2n) is 6.04. The van der Waals surface area contributed by atoms with Gasteiger partial charge in [0.05, 0.1) is 5.56 Å². The number of halogens is 3. The predicted molar refractivity (Wildman–Crippen MR) is 85.9 cm³/mol. The molecule has 3 rings (SSSR count). The van der Waals surface area contributed by atoms with Crippen molar-refractivity contribution in [1.29, 1.82) is 0 Å². The number of rotatable bonds is 4. The summed E-state index contributed by atoms with van der Waals surface area (Å²) in [4.78, 5) is 12.2. The van der Waals surface area contributed by atoms with Gasteiger partial charge in [0.15, 0.2) is 0 Å². The Morgan fingerprint density at radius 3 is 2.42 bits per heavy atom. The van der Waals surface area contributed by atoms with Crippen molar-refractivity contribution >= 4 is 5.91 Å². The number of alkyl halides is 3. The van der Waals surface area contributed by atoms with Gasteiger partial charge < -0.3 is 5.32 Å². The molecule has 0 saturated carbocycles. The van der Waals surface area contributed by atoms with Gasteiger partial charge in [-0.3, -0.25) is 4.79 Å². The molecule has 0 aromatic heterocycles. The Balaban J connectivity index is 1.53. The Bertz CT molecular complexity index is 735. The topological polar surface area (TPSA) is 29.1 Å². The number of amides is 1. The van der Waals surface area contributed by atoms with Gasteiger partial charge in [-0.2, -0.15) is 13.2 Å². The zero-order chi connectivity index (χ0) is 17.2. The first-order valence-electron chi connectivity index (χ1n) is 7.99. The maximum atomic E-state index is 12.5.